The summed E-state index contributed by atoms with van der Waals surface area (Å²) in [6.07, 6.45) is 0. The van der Waals surface area contributed by atoms with E-state index in [2.05, 4.69) is 10.1 Å². The van der Waals surface area contributed by atoms with Crippen molar-refractivity contribution in [2.45, 2.75) is 6.92 Å². The van der Waals surface area contributed by atoms with Crippen molar-refractivity contribution in [3.05, 3.63) is 124 Å². The third-order valence-electron chi connectivity index (χ3n) is 5.90. The van der Waals surface area contributed by atoms with E-state index in [1.165, 1.54) is 4.68 Å². The van der Waals surface area contributed by atoms with Crippen molar-refractivity contribution in [3.63, 3.8) is 0 Å². The molecule has 0 saturated carbocycles. The van der Waals surface area contributed by atoms with Gasteiger partial charge in [0.05, 0.1) is 15.7 Å². The number of carbonyl (C=O) groups excluding carboxylic acids is 2. The SMILES string of the molecule is Cc1ccc(-c2nc(C(=O)OCC(=O)c3ccc(-c4ccccc4)cc3)nn2-c2ccc(Cl)c(Cl)c2)cc1. The van der Waals surface area contributed by atoms with Gasteiger partial charge in [0, 0.05) is 11.1 Å². The third-order valence-corrected chi connectivity index (χ3v) is 6.63. The fourth-order valence-electron chi connectivity index (χ4n) is 3.84. The van der Waals surface area contributed by atoms with E-state index < -0.39 is 12.6 Å². The molecule has 0 spiro atoms. The molecule has 0 radical (unpaired) electrons. The van der Waals surface area contributed by atoms with Crippen LogP contribution in [0.3, 0.4) is 0 Å². The molecule has 8 heteroatoms. The molecule has 0 unspecified atom stereocenters. The molecule has 0 aliphatic rings. The second-order valence-electron chi connectivity index (χ2n) is 8.58. The number of nitrogens with zero attached hydrogens (tertiary/aromatic N) is 3. The molecule has 0 bridgehead atoms. The molecule has 0 atom stereocenters. The fraction of sp³-hybridized carbons (Fsp3) is 0.0667. The highest BCUT2D eigenvalue weighted by Crippen LogP contribution is 2.28. The average Bonchev–Trinajstić information content (AvgIpc) is 3.40. The lowest BCUT2D eigenvalue weighted by Gasteiger charge is -2.07. The number of aryl methyl sites for hydroxylation is 1. The maximum atomic E-state index is 12.9. The number of esters is 1. The van der Waals surface area contributed by atoms with Crippen LogP contribution in [0.1, 0.15) is 26.5 Å². The molecule has 4 aromatic carbocycles. The second kappa shape index (κ2) is 11.0. The van der Waals surface area contributed by atoms with Crippen molar-refractivity contribution >= 4 is 35.0 Å². The van der Waals surface area contributed by atoms with Gasteiger partial charge in [-0.3, -0.25) is 4.79 Å². The minimum atomic E-state index is -0.813. The van der Waals surface area contributed by atoms with E-state index in [0.29, 0.717) is 27.1 Å². The Morgan fingerprint density at radius 1 is 0.789 bits per heavy atom. The predicted molar refractivity (Wildman–Crippen MR) is 148 cm³/mol. The number of ketones is 1. The molecular weight excluding hydrogens is 521 g/mol. The molecule has 1 aromatic heterocycles. The van der Waals surface area contributed by atoms with Gasteiger partial charge in [-0.15, -0.1) is 5.10 Å². The van der Waals surface area contributed by atoms with Gasteiger partial charge in [-0.05, 0) is 36.2 Å². The minimum absolute atomic E-state index is 0.182. The predicted octanol–water partition coefficient (Wildman–Crippen LogP) is 7.26. The number of benzene rings is 4. The Hall–Kier alpha value is -4.26. The summed E-state index contributed by atoms with van der Waals surface area (Å²) in [7, 11) is 0. The van der Waals surface area contributed by atoms with E-state index in [0.717, 1.165) is 22.3 Å². The van der Waals surface area contributed by atoms with Gasteiger partial charge >= 0.3 is 5.97 Å². The van der Waals surface area contributed by atoms with Crippen molar-refractivity contribution in [2.75, 3.05) is 6.61 Å². The first kappa shape index (κ1) is 25.4. The Morgan fingerprint density at radius 3 is 2.13 bits per heavy atom. The van der Waals surface area contributed by atoms with Crippen LogP contribution in [-0.2, 0) is 4.74 Å². The van der Waals surface area contributed by atoms with Gasteiger partial charge in [0.2, 0.25) is 0 Å². The molecule has 0 N–H and O–H groups in total. The molecule has 6 nitrogen and oxygen atoms in total. The lowest BCUT2D eigenvalue weighted by molar-refractivity contribution is 0.0462. The molecule has 0 aliphatic carbocycles. The quantitative estimate of drug-likeness (QED) is 0.160. The maximum Gasteiger partial charge on any atom is 0.378 e. The van der Waals surface area contributed by atoms with E-state index in [4.69, 9.17) is 27.9 Å². The summed E-state index contributed by atoms with van der Waals surface area (Å²) in [5.74, 6) is -0.913. The summed E-state index contributed by atoms with van der Waals surface area (Å²) in [6, 6.07) is 29.6. The highest BCUT2D eigenvalue weighted by Gasteiger charge is 2.21. The first-order valence-corrected chi connectivity index (χ1v) is 12.5. The van der Waals surface area contributed by atoms with E-state index >= 15 is 0 Å². The third kappa shape index (κ3) is 5.52. The number of aromatic nitrogens is 3. The molecule has 5 aromatic rings. The summed E-state index contributed by atoms with van der Waals surface area (Å²) in [5, 5.41) is 5.09. The van der Waals surface area contributed by atoms with Crippen LogP contribution in [0.25, 0.3) is 28.2 Å². The number of rotatable bonds is 7. The second-order valence-corrected chi connectivity index (χ2v) is 9.39. The zero-order valence-electron chi connectivity index (χ0n) is 20.3. The van der Waals surface area contributed by atoms with Crippen molar-refractivity contribution in [1.29, 1.82) is 0 Å². The van der Waals surface area contributed by atoms with Crippen LogP contribution < -0.4 is 0 Å². The maximum absolute atomic E-state index is 12.9. The molecule has 5 rings (SSSR count). The van der Waals surface area contributed by atoms with Crippen molar-refractivity contribution < 1.29 is 14.3 Å². The summed E-state index contributed by atoms with van der Waals surface area (Å²) in [5.41, 5.74) is 4.85. The Labute approximate surface area is 229 Å². The highest BCUT2D eigenvalue weighted by atomic mass is 35.5. The minimum Gasteiger partial charge on any atom is -0.451 e. The van der Waals surface area contributed by atoms with E-state index in [1.807, 2.05) is 73.7 Å². The van der Waals surface area contributed by atoms with Gasteiger partial charge in [-0.1, -0.05) is 108 Å². The van der Waals surface area contributed by atoms with Crippen LogP contribution in [0.4, 0.5) is 0 Å². The molecule has 0 saturated heterocycles. The summed E-state index contributed by atoms with van der Waals surface area (Å²) in [6.45, 7) is 1.53. The number of halogens is 2. The lowest BCUT2D eigenvalue weighted by Crippen LogP contribution is -2.15. The Bertz CT molecular complexity index is 1610. The van der Waals surface area contributed by atoms with Crippen LogP contribution in [0, 0.1) is 6.92 Å². The summed E-state index contributed by atoms with van der Waals surface area (Å²) < 4.78 is 6.78. The normalized spacial score (nSPS) is 10.8. The van der Waals surface area contributed by atoms with Gasteiger partial charge in [0.25, 0.3) is 5.82 Å². The number of hydrogen-bond donors (Lipinski definition) is 0. The Balaban J connectivity index is 1.35. The van der Waals surface area contributed by atoms with Crippen LogP contribution in [0.15, 0.2) is 97.1 Å². The van der Waals surface area contributed by atoms with Crippen LogP contribution >= 0.6 is 23.2 Å². The molecule has 0 aliphatic heterocycles. The Morgan fingerprint density at radius 2 is 1.45 bits per heavy atom. The monoisotopic (exact) mass is 541 g/mol. The molecule has 38 heavy (non-hydrogen) atoms. The largest absolute Gasteiger partial charge is 0.451 e. The molecule has 1 heterocycles. The standard InChI is InChI=1S/C30H21Cl2N3O3/c1-19-7-9-23(10-8-19)29-33-28(34-35(29)24-15-16-25(31)26(32)17-24)30(37)38-18-27(36)22-13-11-21(12-14-22)20-5-3-2-4-6-20/h2-17H,18H2,1H3. The fourth-order valence-corrected chi connectivity index (χ4v) is 4.14. The van der Waals surface area contributed by atoms with Gasteiger partial charge in [0.1, 0.15) is 0 Å². The number of Topliss-reactive ketones (excluding diaryl/α,β-unsaturated/α-hetero) is 1. The lowest BCUT2D eigenvalue weighted by atomic mass is 10.0. The topological polar surface area (TPSA) is 74.1 Å². The molecular formula is C30H21Cl2N3O3. The molecule has 188 valence electrons. The zero-order chi connectivity index (χ0) is 26.6. The van der Waals surface area contributed by atoms with Crippen molar-refractivity contribution in [3.8, 4) is 28.2 Å². The first-order valence-electron chi connectivity index (χ1n) is 11.7. The molecule has 0 amide bonds. The van der Waals surface area contributed by atoms with Gasteiger partial charge in [-0.2, -0.15) is 0 Å². The van der Waals surface area contributed by atoms with Gasteiger partial charge in [-0.25, -0.2) is 14.5 Å². The number of ether oxygens (including phenoxy) is 1. The number of carbonyl (C=O) groups is 2. The molecule has 0 fully saturated rings. The summed E-state index contributed by atoms with van der Waals surface area (Å²) in [4.78, 5) is 30.0. The van der Waals surface area contributed by atoms with Crippen LogP contribution in [-0.4, -0.2) is 33.1 Å². The van der Waals surface area contributed by atoms with Crippen LogP contribution in [0.5, 0.6) is 0 Å². The number of hydrogen-bond acceptors (Lipinski definition) is 5. The smallest absolute Gasteiger partial charge is 0.378 e. The van der Waals surface area contributed by atoms with Gasteiger partial charge < -0.3 is 4.74 Å². The van der Waals surface area contributed by atoms with E-state index in [-0.39, 0.29) is 11.6 Å². The van der Waals surface area contributed by atoms with E-state index in [1.54, 1.807) is 30.3 Å². The van der Waals surface area contributed by atoms with E-state index in [9.17, 15) is 9.59 Å². The van der Waals surface area contributed by atoms with Gasteiger partial charge in [0.15, 0.2) is 18.2 Å². The van der Waals surface area contributed by atoms with Crippen molar-refractivity contribution in [2.24, 2.45) is 0 Å². The first-order chi connectivity index (χ1) is 18.4. The zero-order valence-corrected chi connectivity index (χ0v) is 21.8. The van der Waals surface area contributed by atoms with Crippen LogP contribution in [0.2, 0.25) is 10.0 Å². The Kier molecular flexibility index (Phi) is 7.36. The highest BCUT2D eigenvalue weighted by molar-refractivity contribution is 6.42. The summed E-state index contributed by atoms with van der Waals surface area (Å²) >= 11 is 12.3. The van der Waals surface area contributed by atoms with Crippen molar-refractivity contribution in [1.82, 2.24) is 14.8 Å². The average molecular weight is 542 g/mol.